The van der Waals surface area contributed by atoms with Crippen molar-refractivity contribution >= 4 is 27.5 Å². The minimum atomic E-state index is -3.79. The van der Waals surface area contributed by atoms with Crippen molar-refractivity contribution in [3.05, 3.63) is 54.1 Å². The van der Waals surface area contributed by atoms with E-state index in [1.165, 1.54) is 20.2 Å². The van der Waals surface area contributed by atoms with E-state index in [2.05, 4.69) is 5.32 Å². The Morgan fingerprint density at radius 1 is 1.09 bits per heavy atom. The molecule has 1 heterocycles. The topological polar surface area (TPSA) is 96.0 Å². The number of carbonyl (C=O) groups excluding carboxylic acids is 2. The van der Waals surface area contributed by atoms with Gasteiger partial charge in [-0.1, -0.05) is 31.0 Å². The molecule has 1 aliphatic heterocycles. The molecular weight excluding hydrogens is 466 g/mol. The van der Waals surface area contributed by atoms with Crippen LogP contribution >= 0.6 is 0 Å². The van der Waals surface area contributed by atoms with Gasteiger partial charge < -0.3 is 15.0 Å². The Bertz CT molecular complexity index is 1180. The van der Waals surface area contributed by atoms with Crippen LogP contribution in [0.15, 0.2) is 53.4 Å². The first-order chi connectivity index (χ1) is 16.7. The minimum Gasteiger partial charge on any atom is -0.492 e. The fourth-order valence-corrected chi connectivity index (χ4v) is 6.25. The number of sulfonamides is 1. The fraction of sp³-hybridized carbons (Fsp3) is 0.462. The SMILES string of the molecule is CCOc1ccc(NC(=O)C2CC3CCCCC3N2C(=O)c2ccccc2)cc1S(=O)(=O)N(C)C. The lowest BCUT2D eigenvalue weighted by molar-refractivity contribution is -0.120. The second kappa shape index (κ2) is 10.4. The summed E-state index contributed by atoms with van der Waals surface area (Å²) in [7, 11) is -0.896. The van der Waals surface area contributed by atoms with Gasteiger partial charge in [-0.25, -0.2) is 12.7 Å². The standard InChI is InChI=1S/C26H33N3O5S/c1-4-34-23-15-14-20(17-24(23)35(32,33)28(2)3)27-25(30)22-16-19-12-8-9-13-21(19)29(22)26(31)18-10-6-5-7-11-18/h5-7,10-11,14-15,17,19,21-22H,4,8-9,12-13,16H2,1-3H3,(H,27,30). The number of ether oxygens (including phenoxy) is 1. The van der Waals surface area contributed by atoms with Crippen LogP contribution < -0.4 is 10.1 Å². The summed E-state index contributed by atoms with van der Waals surface area (Å²) < 4.78 is 32.4. The van der Waals surface area contributed by atoms with E-state index in [0.717, 1.165) is 30.0 Å². The quantitative estimate of drug-likeness (QED) is 0.626. The highest BCUT2D eigenvalue weighted by Gasteiger charge is 2.47. The number of amides is 2. The van der Waals surface area contributed by atoms with Gasteiger partial charge in [0.25, 0.3) is 5.91 Å². The Morgan fingerprint density at radius 3 is 2.49 bits per heavy atom. The van der Waals surface area contributed by atoms with Crippen molar-refractivity contribution in [3.8, 4) is 5.75 Å². The van der Waals surface area contributed by atoms with Gasteiger partial charge in [0.05, 0.1) is 6.61 Å². The van der Waals surface area contributed by atoms with Crippen molar-refractivity contribution in [2.24, 2.45) is 5.92 Å². The number of nitrogens with zero attached hydrogens (tertiary/aromatic N) is 2. The molecule has 9 heteroatoms. The Balaban J connectivity index is 1.63. The van der Waals surface area contributed by atoms with Gasteiger partial charge in [0.1, 0.15) is 16.7 Å². The summed E-state index contributed by atoms with van der Waals surface area (Å²) >= 11 is 0. The van der Waals surface area contributed by atoms with Crippen LogP contribution in [0, 0.1) is 5.92 Å². The molecule has 0 bridgehead atoms. The summed E-state index contributed by atoms with van der Waals surface area (Å²) in [6, 6.07) is 13.1. The van der Waals surface area contributed by atoms with Gasteiger partial charge in [-0.2, -0.15) is 0 Å². The number of carbonyl (C=O) groups is 2. The zero-order chi connectivity index (χ0) is 25.2. The predicted molar refractivity (Wildman–Crippen MR) is 134 cm³/mol. The van der Waals surface area contributed by atoms with Crippen LogP contribution in [0.25, 0.3) is 0 Å². The molecule has 0 aromatic heterocycles. The molecule has 8 nitrogen and oxygen atoms in total. The normalized spacial score (nSPS) is 22.1. The average Bonchev–Trinajstić information content (AvgIpc) is 3.25. The number of likely N-dealkylation sites (tertiary alicyclic amines) is 1. The summed E-state index contributed by atoms with van der Waals surface area (Å²) in [5.74, 6) is 0.0768. The zero-order valence-corrected chi connectivity index (χ0v) is 21.3. The molecule has 3 atom stereocenters. The van der Waals surface area contributed by atoms with Gasteiger partial charge >= 0.3 is 0 Å². The van der Waals surface area contributed by atoms with Crippen molar-refractivity contribution in [3.63, 3.8) is 0 Å². The van der Waals surface area contributed by atoms with Crippen LogP contribution in [0.1, 0.15) is 49.4 Å². The van der Waals surface area contributed by atoms with Gasteiger partial charge in [0.2, 0.25) is 15.9 Å². The van der Waals surface area contributed by atoms with Gasteiger partial charge in [-0.3, -0.25) is 9.59 Å². The highest BCUT2D eigenvalue weighted by atomic mass is 32.2. The van der Waals surface area contributed by atoms with E-state index in [1.807, 2.05) is 18.2 Å². The molecule has 188 valence electrons. The number of fused-ring (bicyclic) bond motifs is 1. The molecular formula is C26H33N3O5S. The number of hydrogen-bond acceptors (Lipinski definition) is 5. The summed E-state index contributed by atoms with van der Waals surface area (Å²) in [5.41, 5.74) is 0.915. The molecule has 1 aliphatic carbocycles. The maximum absolute atomic E-state index is 13.5. The summed E-state index contributed by atoms with van der Waals surface area (Å²) in [6.07, 6.45) is 4.64. The summed E-state index contributed by atoms with van der Waals surface area (Å²) in [4.78, 5) is 28.8. The van der Waals surface area contributed by atoms with Crippen molar-refractivity contribution in [2.45, 2.75) is 56.0 Å². The van der Waals surface area contributed by atoms with Gasteiger partial charge in [-0.05, 0) is 62.4 Å². The Kier molecular flexibility index (Phi) is 7.47. The predicted octanol–water partition coefficient (Wildman–Crippen LogP) is 3.75. The zero-order valence-electron chi connectivity index (χ0n) is 20.4. The molecule has 4 rings (SSSR count). The Morgan fingerprint density at radius 2 is 1.80 bits per heavy atom. The molecule has 2 aromatic rings. The first kappa shape index (κ1) is 25.2. The van der Waals surface area contributed by atoms with Gasteiger partial charge in [-0.15, -0.1) is 0 Å². The Labute approximate surface area is 207 Å². The third kappa shape index (κ3) is 5.06. The number of hydrogen-bond donors (Lipinski definition) is 1. The van der Waals surface area contributed by atoms with Crippen molar-refractivity contribution in [2.75, 3.05) is 26.0 Å². The van der Waals surface area contributed by atoms with Crippen molar-refractivity contribution < 1.29 is 22.7 Å². The third-order valence-electron chi connectivity index (χ3n) is 6.92. The smallest absolute Gasteiger partial charge is 0.254 e. The van der Waals surface area contributed by atoms with Crippen LogP contribution in [0.2, 0.25) is 0 Å². The van der Waals surface area contributed by atoms with Crippen molar-refractivity contribution in [1.29, 1.82) is 0 Å². The van der Waals surface area contributed by atoms with Crippen LogP contribution in [0.5, 0.6) is 5.75 Å². The summed E-state index contributed by atoms with van der Waals surface area (Å²) in [5, 5.41) is 2.88. The lowest BCUT2D eigenvalue weighted by atomic mass is 9.84. The van der Waals surface area contributed by atoms with E-state index in [9.17, 15) is 18.0 Å². The number of rotatable bonds is 7. The van der Waals surface area contributed by atoms with Crippen LogP contribution in [0.4, 0.5) is 5.69 Å². The monoisotopic (exact) mass is 499 g/mol. The molecule has 2 fully saturated rings. The van der Waals surface area contributed by atoms with Crippen molar-refractivity contribution in [1.82, 2.24) is 9.21 Å². The van der Waals surface area contributed by atoms with E-state index in [0.29, 0.717) is 24.3 Å². The molecule has 1 saturated carbocycles. The maximum atomic E-state index is 13.5. The Hall–Kier alpha value is -2.91. The molecule has 1 N–H and O–H groups in total. The average molecular weight is 500 g/mol. The van der Waals surface area contributed by atoms with Crippen LogP contribution in [-0.4, -0.2) is 62.2 Å². The van der Waals surface area contributed by atoms with Gasteiger partial charge in [0, 0.05) is 31.4 Å². The molecule has 1 saturated heterocycles. The van der Waals surface area contributed by atoms with E-state index in [4.69, 9.17) is 4.74 Å². The molecule has 2 aliphatic rings. The number of benzene rings is 2. The van der Waals surface area contributed by atoms with Gasteiger partial charge in [0.15, 0.2) is 0 Å². The second-order valence-corrected chi connectivity index (χ2v) is 11.4. The molecule has 0 spiro atoms. The highest BCUT2D eigenvalue weighted by Crippen LogP contribution is 2.41. The molecule has 3 unspecified atom stereocenters. The molecule has 2 aromatic carbocycles. The molecule has 0 radical (unpaired) electrons. The number of anilines is 1. The minimum absolute atomic E-state index is 0.0144. The van der Waals surface area contributed by atoms with Crippen LogP contribution in [-0.2, 0) is 14.8 Å². The van der Waals surface area contributed by atoms with E-state index >= 15 is 0 Å². The first-order valence-electron chi connectivity index (χ1n) is 12.1. The number of nitrogens with one attached hydrogen (secondary N) is 1. The van der Waals surface area contributed by atoms with E-state index in [-0.39, 0.29) is 34.4 Å². The van der Waals surface area contributed by atoms with E-state index in [1.54, 1.807) is 36.1 Å². The fourth-order valence-electron chi connectivity index (χ4n) is 5.20. The summed E-state index contributed by atoms with van der Waals surface area (Å²) in [6.45, 7) is 2.09. The largest absolute Gasteiger partial charge is 0.492 e. The van der Waals surface area contributed by atoms with E-state index < -0.39 is 16.1 Å². The first-order valence-corrected chi connectivity index (χ1v) is 13.6. The molecule has 35 heavy (non-hydrogen) atoms. The van der Waals surface area contributed by atoms with Crippen LogP contribution in [0.3, 0.4) is 0 Å². The second-order valence-electron chi connectivity index (χ2n) is 9.31. The highest BCUT2D eigenvalue weighted by molar-refractivity contribution is 7.89. The lowest BCUT2D eigenvalue weighted by Gasteiger charge is -2.33. The third-order valence-corrected chi connectivity index (χ3v) is 8.75. The lowest BCUT2D eigenvalue weighted by Crippen LogP contribution is -2.47. The molecule has 2 amide bonds. The maximum Gasteiger partial charge on any atom is 0.254 e.